The van der Waals surface area contributed by atoms with Crippen molar-refractivity contribution in [1.29, 1.82) is 0 Å². The second-order valence-corrected chi connectivity index (χ2v) is 4.18. The van der Waals surface area contributed by atoms with Crippen LogP contribution in [0.4, 0.5) is 0 Å². The highest BCUT2D eigenvalue weighted by Crippen LogP contribution is 2.28. The standard InChI is InChI=1S/C13H14ClN3/c14-12-6-2-1-5-11(12)13-10(4-3-7-15)8-16-9-17-13/h1-2,5-6,8-9H,3-4,7,15H2. The lowest BCUT2D eigenvalue weighted by molar-refractivity contribution is 0.825. The molecule has 0 unspecified atom stereocenters. The average molecular weight is 248 g/mol. The lowest BCUT2D eigenvalue weighted by Gasteiger charge is -2.08. The molecule has 0 spiro atoms. The van der Waals surface area contributed by atoms with Crippen LogP contribution in [0.5, 0.6) is 0 Å². The van der Waals surface area contributed by atoms with E-state index in [4.69, 9.17) is 17.3 Å². The molecule has 0 atom stereocenters. The van der Waals surface area contributed by atoms with Crippen LogP contribution in [0.3, 0.4) is 0 Å². The van der Waals surface area contributed by atoms with E-state index in [0.29, 0.717) is 11.6 Å². The molecule has 0 aliphatic rings. The van der Waals surface area contributed by atoms with Crippen LogP contribution < -0.4 is 5.73 Å². The number of nitrogens with zero attached hydrogens (tertiary/aromatic N) is 2. The molecule has 0 saturated heterocycles. The molecule has 17 heavy (non-hydrogen) atoms. The van der Waals surface area contributed by atoms with E-state index in [1.807, 2.05) is 30.5 Å². The van der Waals surface area contributed by atoms with Crippen LogP contribution in [0.25, 0.3) is 11.3 Å². The zero-order valence-corrected chi connectivity index (χ0v) is 10.2. The van der Waals surface area contributed by atoms with Crippen LogP contribution in [0.2, 0.25) is 5.02 Å². The number of hydrogen-bond donors (Lipinski definition) is 1. The molecule has 0 amide bonds. The number of rotatable bonds is 4. The Kier molecular flexibility index (Phi) is 4.07. The molecule has 2 aromatic rings. The molecule has 0 aliphatic heterocycles. The maximum atomic E-state index is 6.18. The van der Waals surface area contributed by atoms with Crippen molar-refractivity contribution in [3.63, 3.8) is 0 Å². The molecule has 0 bridgehead atoms. The minimum absolute atomic E-state index is 0.664. The van der Waals surface area contributed by atoms with Gasteiger partial charge in [0, 0.05) is 16.8 Å². The summed E-state index contributed by atoms with van der Waals surface area (Å²) in [5.41, 5.74) is 8.47. The highest BCUT2D eigenvalue weighted by Gasteiger charge is 2.09. The second-order valence-electron chi connectivity index (χ2n) is 3.77. The van der Waals surface area contributed by atoms with Gasteiger partial charge in [-0.15, -0.1) is 0 Å². The summed E-state index contributed by atoms with van der Waals surface area (Å²) in [5.74, 6) is 0. The normalized spacial score (nSPS) is 10.5. The van der Waals surface area contributed by atoms with Crippen molar-refractivity contribution >= 4 is 11.6 Å². The smallest absolute Gasteiger partial charge is 0.116 e. The predicted octanol–water partition coefficient (Wildman–Crippen LogP) is 2.69. The van der Waals surface area contributed by atoms with Gasteiger partial charge in [-0.05, 0) is 31.0 Å². The first-order valence-electron chi connectivity index (χ1n) is 5.57. The van der Waals surface area contributed by atoms with Crippen LogP contribution in [-0.2, 0) is 6.42 Å². The van der Waals surface area contributed by atoms with Gasteiger partial charge in [0.2, 0.25) is 0 Å². The molecule has 0 aliphatic carbocycles. The van der Waals surface area contributed by atoms with E-state index in [1.54, 1.807) is 6.33 Å². The molecular formula is C13H14ClN3. The van der Waals surface area contributed by atoms with Crippen LogP contribution >= 0.6 is 11.6 Å². The van der Waals surface area contributed by atoms with Crippen molar-refractivity contribution in [2.75, 3.05) is 6.54 Å². The van der Waals surface area contributed by atoms with Gasteiger partial charge in [0.05, 0.1) is 5.69 Å². The Balaban J connectivity index is 2.41. The van der Waals surface area contributed by atoms with Gasteiger partial charge < -0.3 is 5.73 Å². The molecular weight excluding hydrogens is 234 g/mol. The Hall–Kier alpha value is -1.45. The highest BCUT2D eigenvalue weighted by molar-refractivity contribution is 6.33. The van der Waals surface area contributed by atoms with Crippen molar-refractivity contribution in [1.82, 2.24) is 9.97 Å². The molecule has 0 radical (unpaired) electrons. The molecule has 2 N–H and O–H groups in total. The third-order valence-corrected chi connectivity index (χ3v) is 2.90. The maximum absolute atomic E-state index is 6.18. The summed E-state index contributed by atoms with van der Waals surface area (Å²) >= 11 is 6.18. The number of aryl methyl sites for hydroxylation is 1. The topological polar surface area (TPSA) is 51.8 Å². The predicted molar refractivity (Wildman–Crippen MR) is 69.9 cm³/mol. The van der Waals surface area contributed by atoms with Crippen molar-refractivity contribution in [2.24, 2.45) is 5.73 Å². The Morgan fingerprint density at radius 1 is 1.24 bits per heavy atom. The van der Waals surface area contributed by atoms with Crippen molar-refractivity contribution in [2.45, 2.75) is 12.8 Å². The molecule has 1 aromatic carbocycles. The fourth-order valence-corrected chi connectivity index (χ4v) is 1.95. The Morgan fingerprint density at radius 3 is 2.82 bits per heavy atom. The van der Waals surface area contributed by atoms with Gasteiger partial charge in [0.1, 0.15) is 6.33 Å². The van der Waals surface area contributed by atoms with E-state index in [-0.39, 0.29) is 0 Å². The third kappa shape index (κ3) is 2.81. The zero-order chi connectivity index (χ0) is 12.1. The van der Waals surface area contributed by atoms with Crippen LogP contribution in [-0.4, -0.2) is 16.5 Å². The van der Waals surface area contributed by atoms with Crippen molar-refractivity contribution in [3.05, 3.63) is 47.4 Å². The fraction of sp³-hybridized carbons (Fsp3) is 0.231. The summed E-state index contributed by atoms with van der Waals surface area (Å²) < 4.78 is 0. The maximum Gasteiger partial charge on any atom is 0.116 e. The largest absolute Gasteiger partial charge is 0.330 e. The molecule has 2 rings (SSSR count). The zero-order valence-electron chi connectivity index (χ0n) is 9.44. The first-order chi connectivity index (χ1) is 8.33. The lowest BCUT2D eigenvalue weighted by atomic mass is 10.0. The Bertz CT molecular complexity index is 500. The van der Waals surface area contributed by atoms with Gasteiger partial charge in [-0.1, -0.05) is 29.8 Å². The number of aromatic nitrogens is 2. The minimum atomic E-state index is 0.664. The molecule has 0 fully saturated rings. The fourth-order valence-electron chi connectivity index (χ4n) is 1.73. The average Bonchev–Trinajstić information content (AvgIpc) is 2.37. The monoisotopic (exact) mass is 247 g/mol. The molecule has 1 heterocycles. The van der Waals surface area contributed by atoms with Crippen molar-refractivity contribution in [3.8, 4) is 11.3 Å². The molecule has 4 heteroatoms. The van der Waals surface area contributed by atoms with Crippen LogP contribution in [0.15, 0.2) is 36.8 Å². The number of nitrogens with two attached hydrogens (primary N) is 1. The first-order valence-corrected chi connectivity index (χ1v) is 5.94. The second kappa shape index (κ2) is 5.75. The molecule has 3 nitrogen and oxygen atoms in total. The van der Waals surface area contributed by atoms with E-state index in [9.17, 15) is 0 Å². The summed E-state index contributed by atoms with van der Waals surface area (Å²) in [4.78, 5) is 8.38. The van der Waals surface area contributed by atoms with Gasteiger partial charge in [-0.25, -0.2) is 9.97 Å². The highest BCUT2D eigenvalue weighted by atomic mass is 35.5. The third-order valence-electron chi connectivity index (χ3n) is 2.57. The quantitative estimate of drug-likeness (QED) is 0.904. The number of hydrogen-bond acceptors (Lipinski definition) is 3. The van der Waals surface area contributed by atoms with Gasteiger partial charge in [-0.2, -0.15) is 0 Å². The van der Waals surface area contributed by atoms with E-state index < -0.39 is 0 Å². The number of benzene rings is 1. The van der Waals surface area contributed by atoms with E-state index in [0.717, 1.165) is 29.7 Å². The Labute approximate surface area is 106 Å². The molecule has 88 valence electrons. The summed E-state index contributed by atoms with van der Waals surface area (Å²) in [6.45, 7) is 0.664. The molecule has 0 saturated carbocycles. The van der Waals surface area contributed by atoms with Crippen molar-refractivity contribution < 1.29 is 0 Å². The van der Waals surface area contributed by atoms with Crippen LogP contribution in [0.1, 0.15) is 12.0 Å². The van der Waals surface area contributed by atoms with E-state index in [2.05, 4.69) is 9.97 Å². The van der Waals surface area contributed by atoms with E-state index in [1.165, 1.54) is 0 Å². The lowest BCUT2D eigenvalue weighted by Crippen LogP contribution is -2.02. The number of halogens is 1. The summed E-state index contributed by atoms with van der Waals surface area (Å²) in [5, 5.41) is 0.709. The van der Waals surface area contributed by atoms with Gasteiger partial charge in [0.25, 0.3) is 0 Å². The van der Waals surface area contributed by atoms with Gasteiger partial charge >= 0.3 is 0 Å². The SMILES string of the molecule is NCCCc1cncnc1-c1ccccc1Cl. The first kappa shape index (κ1) is 12.0. The summed E-state index contributed by atoms with van der Waals surface area (Å²) in [6, 6.07) is 7.70. The van der Waals surface area contributed by atoms with Gasteiger partial charge in [0.15, 0.2) is 0 Å². The van der Waals surface area contributed by atoms with Crippen LogP contribution in [0, 0.1) is 0 Å². The van der Waals surface area contributed by atoms with Gasteiger partial charge in [-0.3, -0.25) is 0 Å². The van der Waals surface area contributed by atoms with E-state index >= 15 is 0 Å². The molecule has 1 aromatic heterocycles. The summed E-state index contributed by atoms with van der Waals surface area (Å²) in [6.07, 6.45) is 5.18. The summed E-state index contributed by atoms with van der Waals surface area (Å²) in [7, 11) is 0. The minimum Gasteiger partial charge on any atom is -0.330 e. The Morgan fingerprint density at radius 2 is 2.06 bits per heavy atom.